The van der Waals surface area contributed by atoms with Crippen LogP contribution >= 0.6 is 0 Å². The molecule has 0 heteroatoms. The van der Waals surface area contributed by atoms with Crippen LogP contribution in [0.15, 0.2) is 24.3 Å². The lowest BCUT2D eigenvalue weighted by Gasteiger charge is -2.11. The zero-order valence-electron chi connectivity index (χ0n) is 6.88. The Kier molecular flexibility index (Phi) is 2.73. The van der Waals surface area contributed by atoms with Crippen molar-refractivity contribution in [1.29, 1.82) is 0 Å². The van der Waals surface area contributed by atoms with Crippen LogP contribution in [0.3, 0.4) is 0 Å². The highest BCUT2D eigenvalue weighted by molar-refractivity contribution is 5.00. The fourth-order valence-corrected chi connectivity index (χ4v) is 1.44. The van der Waals surface area contributed by atoms with E-state index in [1.165, 1.54) is 6.42 Å². The van der Waals surface area contributed by atoms with Gasteiger partial charge >= 0.3 is 0 Å². The van der Waals surface area contributed by atoms with Crippen molar-refractivity contribution < 1.29 is 0 Å². The van der Waals surface area contributed by atoms with Crippen LogP contribution < -0.4 is 0 Å². The molecule has 10 heavy (non-hydrogen) atoms. The third-order valence-corrected chi connectivity index (χ3v) is 1.94. The minimum Gasteiger partial charge on any atom is -0.0854 e. The van der Waals surface area contributed by atoms with Crippen LogP contribution in [-0.2, 0) is 0 Å². The summed E-state index contributed by atoms with van der Waals surface area (Å²) < 4.78 is 0. The van der Waals surface area contributed by atoms with Crippen LogP contribution in [0.25, 0.3) is 0 Å². The van der Waals surface area contributed by atoms with E-state index in [2.05, 4.69) is 38.2 Å². The first-order valence-electron chi connectivity index (χ1n) is 4.12. The van der Waals surface area contributed by atoms with Crippen LogP contribution in [-0.4, -0.2) is 0 Å². The lowest BCUT2D eigenvalue weighted by atomic mass is 9.94. The Balaban J connectivity index is 2.51. The second kappa shape index (κ2) is 3.60. The summed E-state index contributed by atoms with van der Waals surface area (Å²) in [6, 6.07) is 0. The zero-order valence-corrected chi connectivity index (χ0v) is 6.88. The summed E-state index contributed by atoms with van der Waals surface area (Å²) in [5.41, 5.74) is 0. The van der Waals surface area contributed by atoms with Gasteiger partial charge < -0.3 is 0 Å². The molecule has 56 valence electrons. The molecule has 0 aromatic rings. The van der Waals surface area contributed by atoms with E-state index in [0.29, 0.717) is 0 Å². The molecule has 0 spiro atoms. The quantitative estimate of drug-likeness (QED) is 0.449. The van der Waals surface area contributed by atoms with E-state index in [4.69, 9.17) is 0 Å². The maximum Gasteiger partial charge on any atom is -0.0169 e. The van der Waals surface area contributed by atoms with E-state index in [1.807, 2.05) is 0 Å². The Labute approximate surface area is 63.6 Å². The zero-order chi connectivity index (χ0) is 7.40. The Hall–Kier alpha value is -0.520. The van der Waals surface area contributed by atoms with Gasteiger partial charge in [-0.3, -0.25) is 0 Å². The monoisotopic (exact) mass is 136 g/mol. The summed E-state index contributed by atoms with van der Waals surface area (Å²) in [7, 11) is 0. The molecule has 0 aliphatic heterocycles. The molecule has 1 aliphatic rings. The first-order valence-corrected chi connectivity index (χ1v) is 4.12. The molecule has 2 atom stereocenters. The summed E-state index contributed by atoms with van der Waals surface area (Å²) in [6.45, 7) is 4.57. The summed E-state index contributed by atoms with van der Waals surface area (Å²) in [5, 5.41) is 0. The highest BCUT2D eigenvalue weighted by Crippen LogP contribution is 2.16. The maximum atomic E-state index is 2.32. The molecule has 0 saturated carbocycles. The largest absolute Gasteiger partial charge is 0.0854 e. The highest BCUT2D eigenvalue weighted by Gasteiger charge is 2.03. The van der Waals surface area contributed by atoms with Gasteiger partial charge in [-0.15, -0.1) is 0 Å². The SMILES string of the molecule is CC1/C=C\C/C=C\C(C)C1. The minimum absolute atomic E-state index is 0.764. The van der Waals surface area contributed by atoms with Crippen LogP contribution in [0.4, 0.5) is 0 Å². The second-order valence-corrected chi connectivity index (χ2v) is 3.28. The number of hydrogen-bond donors (Lipinski definition) is 0. The van der Waals surface area contributed by atoms with Gasteiger partial charge in [0.1, 0.15) is 0 Å². The first-order chi connectivity index (χ1) is 4.79. The van der Waals surface area contributed by atoms with E-state index in [0.717, 1.165) is 18.3 Å². The van der Waals surface area contributed by atoms with Gasteiger partial charge in [-0.1, -0.05) is 38.2 Å². The van der Waals surface area contributed by atoms with Crippen molar-refractivity contribution in [3.05, 3.63) is 24.3 Å². The molecule has 0 bridgehead atoms. The molecule has 0 saturated heterocycles. The van der Waals surface area contributed by atoms with Gasteiger partial charge in [0.15, 0.2) is 0 Å². The molecule has 0 fully saturated rings. The number of hydrogen-bond acceptors (Lipinski definition) is 0. The lowest BCUT2D eigenvalue weighted by Crippen LogP contribution is -1.99. The molecule has 0 aromatic carbocycles. The normalized spacial score (nSPS) is 39.8. The van der Waals surface area contributed by atoms with Gasteiger partial charge in [0.2, 0.25) is 0 Å². The molecule has 0 heterocycles. The van der Waals surface area contributed by atoms with Gasteiger partial charge in [-0.2, -0.15) is 0 Å². The van der Waals surface area contributed by atoms with Crippen LogP contribution in [0.5, 0.6) is 0 Å². The molecular formula is C10H16. The highest BCUT2D eigenvalue weighted by atomic mass is 14.1. The molecule has 0 aromatic heterocycles. The second-order valence-electron chi connectivity index (χ2n) is 3.28. The summed E-state index contributed by atoms with van der Waals surface area (Å²) >= 11 is 0. The third kappa shape index (κ3) is 2.38. The van der Waals surface area contributed by atoms with Crippen molar-refractivity contribution in [1.82, 2.24) is 0 Å². The van der Waals surface area contributed by atoms with Gasteiger partial charge in [-0.25, -0.2) is 0 Å². The number of allylic oxidation sites excluding steroid dienone is 4. The summed E-state index contributed by atoms with van der Waals surface area (Å²) in [4.78, 5) is 0. The van der Waals surface area contributed by atoms with Crippen LogP contribution in [0.2, 0.25) is 0 Å². The van der Waals surface area contributed by atoms with Crippen molar-refractivity contribution >= 4 is 0 Å². The van der Waals surface area contributed by atoms with Crippen LogP contribution in [0, 0.1) is 11.8 Å². The van der Waals surface area contributed by atoms with Gasteiger partial charge in [0, 0.05) is 0 Å². The van der Waals surface area contributed by atoms with E-state index < -0.39 is 0 Å². The Morgan fingerprint density at radius 1 is 1.00 bits per heavy atom. The van der Waals surface area contributed by atoms with Gasteiger partial charge in [0.05, 0.1) is 0 Å². The lowest BCUT2D eigenvalue weighted by molar-refractivity contribution is 0.539. The van der Waals surface area contributed by atoms with Crippen molar-refractivity contribution in [3.8, 4) is 0 Å². The van der Waals surface area contributed by atoms with Crippen molar-refractivity contribution in [2.24, 2.45) is 11.8 Å². The Morgan fingerprint density at radius 3 is 2.00 bits per heavy atom. The minimum atomic E-state index is 0.764. The molecular weight excluding hydrogens is 120 g/mol. The molecule has 0 N–H and O–H groups in total. The Bertz CT molecular complexity index is 126. The Morgan fingerprint density at radius 2 is 1.50 bits per heavy atom. The fourth-order valence-electron chi connectivity index (χ4n) is 1.44. The number of rotatable bonds is 0. The average molecular weight is 136 g/mol. The fraction of sp³-hybridized carbons (Fsp3) is 0.600. The van der Waals surface area contributed by atoms with E-state index in [9.17, 15) is 0 Å². The average Bonchev–Trinajstić information content (AvgIpc) is 1.83. The van der Waals surface area contributed by atoms with Crippen LogP contribution in [0.1, 0.15) is 26.7 Å². The molecule has 1 rings (SSSR count). The topological polar surface area (TPSA) is 0 Å². The molecule has 0 nitrogen and oxygen atoms in total. The molecule has 0 amide bonds. The van der Waals surface area contributed by atoms with E-state index >= 15 is 0 Å². The summed E-state index contributed by atoms with van der Waals surface area (Å²) in [6.07, 6.45) is 11.6. The molecule has 2 unspecified atom stereocenters. The first kappa shape index (κ1) is 7.59. The smallest absolute Gasteiger partial charge is 0.0169 e. The van der Waals surface area contributed by atoms with E-state index in [1.54, 1.807) is 0 Å². The predicted molar refractivity (Wildman–Crippen MR) is 45.8 cm³/mol. The standard InChI is InChI=1S/C10H16/c1-9-6-4-3-5-7-10(2)8-9/h4-7,9-10H,3,8H2,1-2H3/b6-4-,7-5-. The van der Waals surface area contributed by atoms with E-state index in [-0.39, 0.29) is 0 Å². The third-order valence-electron chi connectivity index (χ3n) is 1.94. The van der Waals surface area contributed by atoms with Gasteiger partial charge in [0.25, 0.3) is 0 Å². The maximum absolute atomic E-state index is 2.32. The van der Waals surface area contributed by atoms with Crippen molar-refractivity contribution in [3.63, 3.8) is 0 Å². The molecule has 0 radical (unpaired) electrons. The van der Waals surface area contributed by atoms with Crippen molar-refractivity contribution in [2.75, 3.05) is 0 Å². The summed E-state index contributed by atoms with van der Waals surface area (Å²) in [5.74, 6) is 1.53. The van der Waals surface area contributed by atoms with Gasteiger partial charge in [-0.05, 0) is 24.7 Å². The molecule has 1 aliphatic carbocycles. The van der Waals surface area contributed by atoms with Crippen molar-refractivity contribution in [2.45, 2.75) is 26.7 Å². The predicted octanol–water partition coefficient (Wildman–Crippen LogP) is 3.16.